The molecule has 2 aliphatic carbocycles. The number of allylic oxidation sites excluding steroid dienone is 2. The molecule has 50 heavy (non-hydrogen) atoms. The van der Waals surface area contributed by atoms with Crippen LogP contribution < -0.4 is 15.4 Å². The molecule has 1 saturated carbocycles. The van der Waals surface area contributed by atoms with E-state index in [0.29, 0.717) is 67.4 Å². The molecule has 1 fully saturated rings. The highest BCUT2D eigenvalue weighted by Crippen LogP contribution is 2.57. The number of carbonyl (C=O) groups is 3. The predicted molar refractivity (Wildman–Crippen MR) is 179 cm³/mol. The van der Waals surface area contributed by atoms with Gasteiger partial charge in [0.15, 0.2) is 5.60 Å². The second kappa shape index (κ2) is 14.4. The molecule has 0 saturated heterocycles. The third-order valence-corrected chi connectivity index (χ3v) is 9.87. The van der Waals surface area contributed by atoms with E-state index in [4.69, 9.17) is 23.7 Å². The molecule has 0 radical (unpaired) electrons. The predicted octanol–water partition coefficient (Wildman–Crippen LogP) is 5.15. The quantitative estimate of drug-likeness (QED) is 0.114. The summed E-state index contributed by atoms with van der Waals surface area (Å²) in [6.45, 7) is 2.28. The van der Waals surface area contributed by atoms with Crippen LogP contribution in [0.3, 0.4) is 0 Å². The number of phenolic OH excluding ortho intramolecular Hbond substituents is 2. The Hall–Kier alpha value is -5.07. The monoisotopic (exact) mass is 684 g/mol. The SMILES string of the molecule is O=C(NCCOCCOCCNC(=O)c1ccc2c(c1)C(=O)OC21c2ccc(O)cc2Oc2cc(O)ccc21)OCC1[C@H]2CC/C=C\CC[C@@H]12. The summed E-state index contributed by atoms with van der Waals surface area (Å²) in [6.07, 6.45) is 8.68. The second-order valence-electron chi connectivity index (χ2n) is 12.9. The molecule has 3 aromatic rings. The molecular weight excluding hydrogens is 644 g/mol. The molecule has 12 heteroatoms. The Morgan fingerprint density at radius 2 is 1.38 bits per heavy atom. The number of phenols is 2. The van der Waals surface area contributed by atoms with E-state index in [1.165, 1.54) is 43.2 Å². The molecule has 2 heterocycles. The van der Waals surface area contributed by atoms with Gasteiger partial charge >= 0.3 is 12.1 Å². The highest BCUT2D eigenvalue weighted by Gasteiger charge is 2.54. The lowest BCUT2D eigenvalue weighted by molar-refractivity contribution is 0.0224. The molecule has 1 spiro atoms. The number of alkyl carbamates (subject to hydrolysis) is 1. The van der Waals surface area contributed by atoms with E-state index >= 15 is 0 Å². The van der Waals surface area contributed by atoms with Crippen LogP contribution >= 0.6 is 0 Å². The normalized spacial score (nSPS) is 21.2. The van der Waals surface area contributed by atoms with Gasteiger partial charge in [0, 0.05) is 47.5 Å². The van der Waals surface area contributed by atoms with E-state index in [2.05, 4.69) is 22.8 Å². The van der Waals surface area contributed by atoms with Gasteiger partial charge in [-0.25, -0.2) is 9.59 Å². The Morgan fingerprint density at radius 3 is 2.02 bits per heavy atom. The van der Waals surface area contributed by atoms with Crippen LogP contribution in [0.25, 0.3) is 0 Å². The van der Waals surface area contributed by atoms with Crippen LogP contribution in [0.1, 0.15) is 63.1 Å². The van der Waals surface area contributed by atoms with Crippen molar-refractivity contribution < 1.29 is 48.3 Å². The zero-order valence-electron chi connectivity index (χ0n) is 27.5. The van der Waals surface area contributed by atoms with Gasteiger partial charge in [0.05, 0.1) is 38.6 Å². The average Bonchev–Trinajstić information content (AvgIpc) is 3.65. The first kappa shape index (κ1) is 33.4. The largest absolute Gasteiger partial charge is 0.508 e. The molecule has 3 aromatic carbocycles. The van der Waals surface area contributed by atoms with Gasteiger partial charge in [-0.2, -0.15) is 0 Å². The van der Waals surface area contributed by atoms with Crippen molar-refractivity contribution in [3.8, 4) is 23.0 Å². The van der Waals surface area contributed by atoms with Crippen LogP contribution in [0.15, 0.2) is 66.7 Å². The molecular formula is C38H40N2O10. The van der Waals surface area contributed by atoms with Gasteiger partial charge in [-0.15, -0.1) is 0 Å². The third kappa shape index (κ3) is 6.73. The van der Waals surface area contributed by atoms with Gasteiger partial charge in [-0.1, -0.05) is 18.2 Å². The molecule has 2 aliphatic heterocycles. The number of amides is 2. The van der Waals surface area contributed by atoms with Crippen LogP contribution in [0, 0.1) is 17.8 Å². The number of benzene rings is 3. The first-order valence-electron chi connectivity index (χ1n) is 17.1. The van der Waals surface area contributed by atoms with Crippen molar-refractivity contribution in [3.63, 3.8) is 0 Å². The number of fused-ring (bicyclic) bond motifs is 7. The molecule has 262 valence electrons. The second-order valence-corrected chi connectivity index (χ2v) is 12.9. The summed E-state index contributed by atoms with van der Waals surface area (Å²) in [6, 6.07) is 13.8. The summed E-state index contributed by atoms with van der Waals surface area (Å²) in [5, 5.41) is 25.7. The van der Waals surface area contributed by atoms with Gasteiger partial charge in [0.25, 0.3) is 5.91 Å². The van der Waals surface area contributed by atoms with Crippen LogP contribution in [0.5, 0.6) is 23.0 Å². The minimum atomic E-state index is -1.40. The summed E-state index contributed by atoms with van der Waals surface area (Å²) in [5.41, 5.74) is 0.612. The van der Waals surface area contributed by atoms with Crippen molar-refractivity contribution in [2.45, 2.75) is 31.3 Å². The highest BCUT2D eigenvalue weighted by molar-refractivity contribution is 6.01. The first-order valence-corrected chi connectivity index (χ1v) is 17.1. The summed E-state index contributed by atoms with van der Waals surface area (Å²) < 4.78 is 28.5. The minimum absolute atomic E-state index is 0.0357. The Morgan fingerprint density at radius 1 is 0.780 bits per heavy atom. The Kier molecular flexibility index (Phi) is 9.64. The molecule has 1 unspecified atom stereocenters. The van der Waals surface area contributed by atoms with Crippen molar-refractivity contribution in [1.82, 2.24) is 10.6 Å². The minimum Gasteiger partial charge on any atom is -0.508 e. The van der Waals surface area contributed by atoms with E-state index in [0.717, 1.165) is 12.8 Å². The zero-order valence-corrected chi connectivity index (χ0v) is 27.5. The van der Waals surface area contributed by atoms with Gasteiger partial charge in [0.2, 0.25) is 0 Å². The van der Waals surface area contributed by atoms with E-state index < -0.39 is 17.7 Å². The van der Waals surface area contributed by atoms with E-state index in [1.54, 1.807) is 24.3 Å². The number of esters is 1. The summed E-state index contributed by atoms with van der Waals surface area (Å²) >= 11 is 0. The maximum atomic E-state index is 13.3. The van der Waals surface area contributed by atoms with Gasteiger partial charge in [0.1, 0.15) is 23.0 Å². The van der Waals surface area contributed by atoms with Crippen LogP contribution in [0.4, 0.5) is 4.79 Å². The number of aromatic hydroxyl groups is 2. The fourth-order valence-electron chi connectivity index (χ4n) is 7.40. The molecule has 0 aromatic heterocycles. The van der Waals surface area contributed by atoms with E-state index in [1.807, 2.05) is 0 Å². The van der Waals surface area contributed by atoms with Crippen molar-refractivity contribution in [1.29, 1.82) is 0 Å². The van der Waals surface area contributed by atoms with Crippen LogP contribution in [-0.4, -0.2) is 74.3 Å². The third-order valence-electron chi connectivity index (χ3n) is 9.87. The van der Waals surface area contributed by atoms with Crippen molar-refractivity contribution in [2.24, 2.45) is 17.8 Å². The van der Waals surface area contributed by atoms with Crippen molar-refractivity contribution >= 4 is 18.0 Å². The molecule has 3 atom stereocenters. The number of carbonyl (C=O) groups excluding carboxylic acids is 3. The maximum absolute atomic E-state index is 13.3. The molecule has 4 N–H and O–H groups in total. The molecule has 7 rings (SSSR count). The molecule has 12 nitrogen and oxygen atoms in total. The molecule has 4 aliphatic rings. The number of rotatable bonds is 12. The molecule has 0 bridgehead atoms. The number of nitrogens with one attached hydrogen (secondary N) is 2. The van der Waals surface area contributed by atoms with Crippen LogP contribution in [-0.2, 0) is 24.5 Å². The topological polar surface area (TPSA) is 162 Å². The Balaban J connectivity index is 0.833. The van der Waals surface area contributed by atoms with Gasteiger partial charge in [-0.05, 0) is 79.8 Å². The van der Waals surface area contributed by atoms with Crippen molar-refractivity contribution in [3.05, 3.63) is 94.6 Å². The maximum Gasteiger partial charge on any atom is 0.407 e. The lowest BCUT2D eigenvalue weighted by Crippen LogP contribution is -2.33. The smallest absolute Gasteiger partial charge is 0.407 e. The number of hydrogen-bond acceptors (Lipinski definition) is 10. The molecule has 2 amide bonds. The standard InChI is InChI=1S/C38H40N2O10/c41-24-8-11-31-33(20-24)49-34-21-25(42)9-12-32(34)38(31)30-10-7-23(19-28(30)36(44)50-38)35(43)39-13-15-46-17-18-47-16-14-40-37(45)48-22-29-26-5-3-1-2-4-6-27(26)29/h1-2,7-12,19-21,26-27,29,41-42H,3-6,13-18,22H2,(H,39,43)(H,40,45)/b2-1-/t26-,27+,29?. The summed E-state index contributed by atoms with van der Waals surface area (Å²) in [5.74, 6) is 1.33. The number of ether oxygens (including phenoxy) is 5. The average molecular weight is 685 g/mol. The van der Waals surface area contributed by atoms with E-state index in [-0.39, 0.29) is 53.2 Å². The first-order chi connectivity index (χ1) is 24.3. The van der Waals surface area contributed by atoms with Crippen LogP contribution in [0.2, 0.25) is 0 Å². The van der Waals surface area contributed by atoms with Crippen molar-refractivity contribution in [2.75, 3.05) is 46.1 Å². The van der Waals surface area contributed by atoms with E-state index in [9.17, 15) is 24.6 Å². The lowest BCUT2D eigenvalue weighted by atomic mass is 9.77. The fraction of sp³-hybridized carbons (Fsp3) is 0.395. The Labute approximate surface area is 289 Å². The fourth-order valence-corrected chi connectivity index (χ4v) is 7.40. The highest BCUT2D eigenvalue weighted by atomic mass is 16.6. The van der Waals surface area contributed by atoms with Gasteiger partial charge in [-0.3, -0.25) is 4.79 Å². The summed E-state index contributed by atoms with van der Waals surface area (Å²) in [7, 11) is 0. The zero-order chi connectivity index (χ0) is 34.7. The number of hydrogen-bond donors (Lipinski definition) is 4. The summed E-state index contributed by atoms with van der Waals surface area (Å²) in [4.78, 5) is 38.3. The lowest BCUT2D eigenvalue weighted by Gasteiger charge is -2.36. The van der Waals surface area contributed by atoms with Gasteiger partial charge < -0.3 is 44.5 Å². The Bertz CT molecular complexity index is 1740.